The van der Waals surface area contributed by atoms with E-state index in [2.05, 4.69) is 56.9 Å². The average molecular weight is 529 g/mol. The highest BCUT2D eigenvalue weighted by molar-refractivity contribution is 9.10. The standard InChI is InChI=1S/C22H30BrN5O3.ClH/c1-22(2,3)18-15(27(4)21(30)31)6-5-9-28(18)17-13(23)10-24-19-16(17)14(11-25-19)26-20(29)12-7-8-12;/h10-12,15,18H,5-9H2,1-4H3,(H,24,25)(H,26,29)(H,30,31);1H/t15?,18-;/m0./s1. The highest BCUT2D eigenvalue weighted by atomic mass is 79.9. The Morgan fingerprint density at radius 2 is 2.00 bits per heavy atom. The second kappa shape index (κ2) is 9.09. The van der Waals surface area contributed by atoms with Crippen molar-refractivity contribution in [3.05, 3.63) is 16.9 Å². The molecule has 4 rings (SSSR count). The van der Waals surface area contributed by atoms with E-state index in [4.69, 9.17) is 0 Å². The second-order valence-corrected chi connectivity index (χ2v) is 10.6. The van der Waals surface area contributed by atoms with E-state index in [0.717, 1.165) is 53.5 Å². The molecule has 10 heteroatoms. The fourth-order valence-corrected chi connectivity index (χ4v) is 5.36. The fourth-order valence-electron chi connectivity index (χ4n) is 4.83. The zero-order valence-corrected chi connectivity index (χ0v) is 21.2. The minimum absolute atomic E-state index is 0. The number of halogens is 2. The number of aromatic amines is 1. The molecule has 3 N–H and O–H groups in total. The van der Waals surface area contributed by atoms with Crippen molar-refractivity contribution < 1.29 is 14.7 Å². The monoisotopic (exact) mass is 527 g/mol. The van der Waals surface area contributed by atoms with Gasteiger partial charge in [-0.1, -0.05) is 20.8 Å². The van der Waals surface area contributed by atoms with Gasteiger partial charge in [0, 0.05) is 31.9 Å². The summed E-state index contributed by atoms with van der Waals surface area (Å²) in [5.74, 6) is 0.140. The molecule has 2 fully saturated rings. The number of hydrogen-bond donors (Lipinski definition) is 3. The first kappa shape index (κ1) is 24.6. The SMILES string of the molecule is CN(C(=O)O)C1CCCN(c2c(Br)cnc3[nH]cc(NC(=O)C4CC4)c23)[C@@H]1C(C)(C)C.Cl. The van der Waals surface area contributed by atoms with Crippen LogP contribution in [-0.4, -0.2) is 57.7 Å². The van der Waals surface area contributed by atoms with Crippen molar-refractivity contribution >= 4 is 62.7 Å². The van der Waals surface area contributed by atoms with Gasteiger partial charge in [0.15, 0.2) is 0 Å². The Bertz CT molecular complexity index is 1020. The van der Waals surface area contributed by atoms with Gasteiger partial charge in [-0.15, -0.1) is 12.4 Å². The number of likely N-dealkylation sites (N-methyl/N-ethyl adjacent to an activating group) is 1. The Labute approximate surface area is 202 Å². The molecule has 8 nitrogen and oxygen atoms in total. The van der Waals surface area contributed by atoms with E-state index < -0.39 is 6.09 Å². The van der Waals surface area contributed by atoms with Crippen molar-refractivity contribution in [3.8, 4) is 0 Å². The van der Waals surface area contributed by atoms with Crippen molar-refractivity contribution in [2.45, 2.75) is 58.5 Å². The number of rotatable bonds is 4. The Balaban J connectivity index is 0.00000289. The number of carbonyl (C=O) groups excluding carboxylic acids is 1. The van der Waals surface area contributed by atoms with E-state index in [1.165, 1.54) is 4.90 Å². The third-order valence-electron chi connectivity index (χ3n) is 6.41. The molecule has 2 atom stereocenters. The molecule has 0 spiro atoms. The number of amides is 2. The molecule has 2 amide bonds. The van der Waals surface area contributed by atoms with E-state index in [1.54, 1.807) is 19.4 Å². The summed E-state index contributed by atoms with van der Waals surface area (Å²) in [5, 5.41) is 13.6. The number of H-pyrrole nitrogens is 1. The maximum Gasteiger partial charge on any atom is 0.407 e. The lowest BCUT2D eigenvalue weighted by molar-refractivity contribution is -0.117. The van der Waals surface area contributed by atoms with Crippen LogP contribution in [0.15, 0.2) is 16.9 Å². The molecule has 2 aliphatic rings. The number of piperidine rings is 1. The van der Waals surface area contributed by atoms with Crippen LogP contribution in [0.3, 0.4) is 0 Å². The zero-order chi connectivity index (χ0) is 22.5. The van der Waals surface area contributed by atoms with Crippen molar-refractivity contribution in [2.75, 3.05) is 23.8 Å². The summed E-state index contributed by atoms with van der Waals surface area (Å²) in [5.41, 5.74) is 2.18. The maximum absolute atomic E-state index is 12.5. The van der Waals surface area contributed by atoms with Crippen LogP contribution in [0.4, 0.5) is 16.2 Å². The molecule has 176 valence electrons. The van der Waals surface area contributed by atoms with E-state index in [-0.39, 0.29) is 41.7 Å². The average Bonchev–Trinajstić information content (AvgIpc) is 3.48. The van der Waals surface area contributed by atoms with Gasteiger partial charge >= 0.3 is 6.09 Å². The Morgan fingerprint density at radius 1 is 1.31 bits per heavy atom. The molecular formula is C22H31BrClN5O3. The van der Waals surface area contributed by atoms with E-state index in [9.17, 15) is 14.7 Å². The smallest absolute Gasteiger partial charge is 0.407 e. The van der Waals surface area contributed by atoms with Gasteiger partial charge < -0.3 is 25.2 Å². The van der Waals surface area contributed by atoms with Gasteiger partial charge in [0.2, 0.25) is 5.91 Å². The molecule has 0 radical (unpaired) electrons. The van der Waals surface area contributed by atoms with Crippen LogP contribution in [0.1, 0.15) is 46.5 Å². The molecule has 1 aliphatic heterocycles. The van der Waals surface area contributed by atoms with Crippen molar-refractivity contribution in [1.29, 1.82) is 0 Å². The van der Waals surface area contributed by atoms with Gasteiger partial charge in [-0.05, 0) is 47.0 Å². The maximum atomic E-state index is 12.5. The van der Waals surface area contributed by atoms with Crippen LogP contribution in [0.5, 0.6) is 0 Å². The van der Waals surface area contributed by atoms with Gasteiger partial charge in [0.1, 0.15) is 5.65 Å². The summed E-state index contributed by atoms with van der Waals surface area (Å²) < 4.78 is 0.828. The minimum atomic E-state index is -0.918. The first-order valence-corrected chi connectivity index (χ1v) is 11.6. The van der Waals surface area contributed by atoms with Gasteiger partial charge in [0.25, 0.3) is 0 Å². The number of hydrogen-bond acceptors (Lipinski definition) is 4. The lowest BCUT2D eigenvalue weighted by Gasteiger charge is -2.51. The molecule has 1 saturated heterocycles. The summed E-state index contributed by atoms with van der Waals surface area (Å²) in [6.07, 6.45) is 6.20. The third kappa shape index (κ3) is 4.55. The van der Waals surface area contributed by atoms with Gasteiger partial charge in [-0.25, -0.2) is 9.78 Å². The molecular weight excluding hydrogens is 498 g/mol. The summed E-state index contributed by atoms with van der Waals surface area (Å²) in [4.78, 5) is 35.8. The highest BCUT2D eigenvalue weighted by Gasteiger charge is 2.44. The number of carbonyl (C=O) groups is 2. The van der Waals surface area contributed by atoms with Gasteiger partial charge in [-0.3, -0.25) is 4.79 Å². The number of carboxylic acid groups (broad SMARTS) is 1. The van der Waals surface area contributed by atoms with Crippen LogP contribution < -0.4 is 10.2 Å². The largest absolute Gasteiger partial charge is 0.465 e. The van der Waals surface area contributed by atoms with Crippen LogP contribution in [0.2, 0.25) is 0 Å². The van der Waals surface area contributed by atoms with E-state index in [1.807, 2.05) is 0 Å². The zero-order valence-electron chi connectivity index (χ0n) is 18.8. The Kier molecular flexibility index (Phi) is 7.00. The fraction of sp³-hybridized carbons (Fsp3) is 0.591. The minimum Gasteiger partial charge on any atom is -0.465 e. The summed E-state index contributed by atoms with van der Waals surface area (Å²) in [7, 11) is 1.66. The second-order valence-electron chi connectivity index (χ2n) is 9.75. The normalized spacial score (nSPS) is 21.2. The predicted molar refractivity (Wildman–Crippen MR) is 132 cm³/mol. The third-order valence-corrected chi connectivity index (χ3v) is 6.99. The molecule has 1 unspecified atom stereocenters. The molecule has 2 aromatic rings. The summed E-state index contributed by atoms with van der Waals surface area (Å²) >= 11 is 3.70. The van der Waals surface area contributed by atoms with E-state index >= 15 is 0 Å². The van der Waals surface area contributed by atoms with E-state index in [0.29, 0.717) is 5.65 Å². The quantitative estimate of drug-likeness (QED) is 0.513. The van der Waals surface area contributed by atoms with Crippen molar-refractivity contribution in [3.63, 3.8) is 0 Å². The molecule has 32 heavy (non-hydrogen) atoms. The molecule has 3 heterocycles. The Morgan fingerprint density at radius 3 is 2.59 bits per heavy atom. The van der Waals surface area contributed by atoms with Crippen LogP contribution >= 0.6 is 28.3 Å². The summed E-state index contributed by atoms with van der Waals surface area (Å²) in [6, 6.07) is -0.198. The van der Waals surface area contributed by atoms with Crippen LogP contribution in [-0.2, 0) is 4.79 Å². The summed E-state index contributed by atoms with van der Waals surface area (Å²) in [6.45, 7) is 7.25. The lowest BCUT2D eigenvalue weighted by Crippen LogP contribution is -2.61. The molecule has 0 aromatic carbocycles. The van der Waals surface area contributed by atoms with Crippen molar-refractivity contribution in [2.24, 2.45) is 11.3 Å². The topological polar surface area (TPSA) is 102 Å². The Hall–Kier alpha value is -2.00. The predicted octanol–water partition coefficient (Wildman–Crippen LogP) is 5.09. The number of aromatic nitrogens is 2. The molecule has 1 aliphatic carbocycles. The van der Waals surface area contributed by atoms with Crippen LogP contribution in [0, 0.1) is 11.3 Å². The molecule has 1 saturated carbocycles. The molecule has 0 bridgehead atoms. The number of nitrogens with one attached hydrogen (secondary N) is 2. The van der Waals surface area contributed by atoms with Gasteiger partial charge in [-0.2, -0.15) is 0 Å². The highest BCUT2D eigenvalue weighted by Crippen LogP contribution is 2.45. The van der Waals surface area contributed by atoms with Crippen LogP contribution in [0.25, 0.3) is 11.0 Å². The van der Waals surface area contributed by atoms with Crippen molar-refractivity contribution in [1.82, 2.24) is 14.9 Å². The number of nitrogens with zero attached hydrogens (tertiary/aromatic N) is 3. The lowest BCUT2D eigenvalue weighted by atomic mass is 9.76. The van der Waals surface area contributed by atoms with Gasteiger partial charge in [0.05, 0.1) is 33.3 Å². The number of pyridine rings is 1. The first-order valence-electron chi connectivity index (χ1n) is 10.8. The first-order chi connectivity index (χ1) is 14.6. The number of anilines is 2. The molecule has 2 aromatic heterocycles. The number of fused-ring (bicyclic) bond motifs is 1.